The fourth-order valence-electron chi connectivity index (χ4n) is 0.618. The van der Waals surface area contributed by atoms with Gasteiger partial charge in [0.1, 0.15) is 5.84 Å². The number of nitrogen functional groups attached to an aromatic ring is 1. The number of rotatable bonds is 1. The van der Waals surface area contributed by atoms with Crippen LogP contribution in [0, 0.1) is 5.41 Å². The lowest BCUT2D eigenvalue weighted by atomic mass is 10.2. The van der Waals surface area contributed by atoms with Gasteiger partial charge in [0.15, 0.2) is 0 Å². The molecule has 0 heterocycles. The minimum atomic E-state index is 0. The van der Waals surface area contributed by atoms with Crippen molar-refractivity contribution in [3.05, 3.63) is 35.9 Å². The molecule has 0 fully saturated rings. The summed E-state index contributed by atoms with van der Waals surface area (Å²) in [6.07, 6.45) is 0. The van der Waals surface area contributed by atoms with E-state index in [9.17, 15) is 0 Å². The summed E-state index contributed by atoms with van der Waals surface area (Å²) < 4.78 is 0. The minimum absolute atomic E-state index is 0. The maximum atomic E-state index is 7.01. The van der Waals surface area contributed by atoms with Gasteiger partial charge in [-0.05, 0) is 0 Å². The van der Waals surface area contributed by atoms with Crippen LogP contribution < -0.4 is 5.73 Å². The zero-order chi connectivity index (χ0) is 6.69. The molecule has 0 aromatic heterocycles. The fourth-order valence-corrected chi connectivity index (χ4v) is 0.618. The van der Waals surface area contributed by atoms with E-state index < -0.39 is 0 Å². The van der Waals surface area contributed by atoms with Crippen molar-refractivity contribution in [3.63, 3.8) is 0 Å². The van der Waals surface area contributed by atoms with Crippen LogP contribution in [0.1, 0.15) is 5.56 Å². The van der Waals surface area contributed by atoms with E-state index in [1.54, 1.807) is 0 Å². The summed E-state index contributed by atoms with van der Waals surface area (Å²) in [5.74, 6) is 0.121. The molecule has 0 aliphatic rings. The molecular formula is C7H8BN2. The Labute approximate surface area is 62.1 Å². The van der Waals surface area contributed by atoms with Gasteiger partial charge in [0.25, 0.3) is 0 Å². The van der Waals surface area contributed by atoms with Crippen LogP contribution in [0.2, 0.25) is 0 Å². The normalized spacial score (nSPS) is 8.00. The Morgan fingerprint density at radius 3 is 2.00 bits per heavy atom. The molecule has 1 aromatic carbocycles. The molecule has 0 saturated heterocycles. The number of amidine groups is 1. The van der Waals surface area contributed by atoms with Crippen molar-refractivity contribution in [2.24, 2.45) is 5.73 Å². The van der Waals surface area contributed by atoms with E-state index in [-0.39, 0.29) is 14.2 Å². The lowest BCUT2D eigenvalue weighted by Crippen LogP contribution is -2.10. The molecule has 10 heavy (non-hydrogen) atoms. The van der Waals surface area contributed by atoms with Crippen molar-refractivity contribution in [1.82, 2.24) is 0 Å². The Morgan fingerprint density at radius 2 is 1.70 bits per heavy atom. The summed E-state index contributed by atoms with van der Waals surface area (Å²) in [5.41, 5.74) is 5.97. The second-order valence-electron chi connectivity index (χ2n) is 1.78. The molecule has 0 saturated carbocycles. The van der Waals surface area contributed by atoms with Crippen LogP contribution >= 0.6 is 0 Å². The molecular weight excluding hydrogens is 123 g/mol. The lowest BCUT2D eigenvalue weighted by Gasteiger charge is -1.93. The first-order valence-electron chi connectivity index (χ1n) is 2.70. The molecule has 0 aliphatic heterocycles. The predicted molar refractivity (Wildman–Crippen MR) is 43.2 cm³/mol. The van der Waals surface area contributed by atoms with Crippen LogP contribution in [0.5, 0.6) is 0 Å². The maximum Gasteiger partial charge on any atom is 0.122 e. The Hall–Kier alpha value is -1.25. The van der Waals surface area contributed by atoms with Gasteiger partial charge in [0.05, 0.1) is 0 Å². The molecule has 3 radical (unpaired) electrons. The van der Waals surface area contributed by atoms with Crippen LogP contribution in [-0.2, 0) is 0 Å². The molecule has 0 unspecified atom stereocenters. The van der Waals surface area contributed by atoms with Crippen LogP contribution in [0.15, 0.2) is 30.3 Å². The van der Waals surface area contributed by atoms with Gasteiger partial charge in [0, 0.05) is 14.0 Å². The van der Waals surface area contributed by atoms with Crippen molar-refractivity contribution >= 4 is 14.2 Å². The van der Waals surface area contributed by atoms with Crippen molar-refractivity contribution in [3.8, 4) is 0 Å². The van der Waals surface area contributed by atoms with Gasteiger partial charge >= 0.3 is 0 Å². The molecule has 3 heteroatoms. The first-order valence-corrected chi connectivity index (χ1v) is 2.70. The van der Waals surface area contributed by atoms with E-state index in [0.717, 1.165) is 5.56 Å². The quantitative estimate of drug-likeness (QED) is 0.327. The monoisotopic (exact) mass is 131 g/mol. The summed E-state index contributed by atoms with van der Waals surface area (Å²) in [7, 11) is 0. The van der Waals surface area contributed by atoms with Crippen molar-refractivity contribution in [2.45, 2.75) is 0 Å². The van der Waals surface area contributed by atoms with Crippen LogP contribution in [0.3, 0.4) is 0 Å². The highest BCUT2D eigenvalue weighted by Gasteiger charge is 1.89. The third kappa shape index (κ3) is 1.93. The Kier molecular flexibility index (Phi) is 3.26. The molecule has 49 valence electrons. The summed E-state index contributed by atoms with van der Waals surface area (Å²) in [4.78, 5) is 0. The lowest BCUT2D eigenvalue weighted by molar-refractivity contribution is 1.42. The standard InChI is InChI=1S/C7H8N2.B/c8-7(9)6-4-2-1-3-5-6;/h1-5H,(H3,8,9);. The Balaban J connectivity index is 0.000000810. The molecule has 0 aliphatic carbocycles. The van der Waals surface area contributed by atoms with E-state index in [2.05, 4.69) is 0 Å². The predicted octanol–water partition coefficient (Wildman–Crippen LogP) is 0.590. The summed E-state index contributed by atoms with van der Waals surface area (Å²) in [5, 5.41) is 7.01. The van der Waals surface area contributed by atoms with Crippen molar-refractivity contribution < 1.29 is 0 Å². The number of hydrogen-bond donors (Lipinski definition) is 2. The summed E-state index contributed by atoms with van der Waals surface area (Å²) in [6, 6.07) is 9.23. The fraction of sp³-hybridized carbons (Fsp3) is 0. The Bertz CT molecular complexity index is 208. The molecule has 2 nitrogen and oxygen atoms in total. The molecule has 0 amide bonds. The van der Waals surface area contributed by atoms with Gasteiger partial charge in [-0.25, -0.2) is 0 Å². The van der Waals surface area contributed by atoms with E-state index >= 15 is 0 Å². The molecule has 0 bridgehead atoms. The SMILES string of the molecule is N=C(N)c1ccccc1.[B]. The van der Waals surface area contributed by atoms with Gasteiger partial charge in [-0.1, -0.05) is 30.3 Å². The zero-order valence-electron chi connectivity index (χ0n) is 5.54. The molecule has 3 N–H and O–H groups in total. The van der Waals surface area contributed by atoms with Crippen LogP contribution in [0.4, 0.5) is 0 Å². The smallest absolute Gasteiger partial charge is 0.122 e. The van der Waals surface area contributed by atoms with Gasteiger partial charge in [-0.3, -0.25) is 5.41 Å². The second kappa shape index (κ2) is 3.72. The Morgan fingerprint density at radius 1 is 1.20 bits per heavy atom. The van der Waals surface area contributed by atoms with Gasteiger partial charge < -0.3 is 5.73 Å². The van der Waals surface area contributed by atoms with E-state index in [4.69, 9.17) is 11.1 Å². The van der Waals surface area contributed by atoms with Crippen molar-refractivity contribution in [2.75, 3.05) is 0 Å². The number of hydrogen-bond acceptors (Lipinski definition) is 1. The number of nitrogens with one attached hydrogen (secondary N) is 1. The van der Waals surface area contributed by atoms with Gasteiger partial charge in [0.2, 0.25) is 0 Å². The van der Waals surface area contributed by atoms with Crippen LogP contribution in [0.25, 0.3) is 0 Å². The molecule has 1 aromatic rings. The van der Waals surface area contributed by atoms with E-state index in [1.165, 1.54) is 0 Å². The van der Waals surface area contributed by atoms with Gasteiger partial charge in [-0.15, -0.1) is 0 Å². The maximum absolute atomic E-state index is 7.01. The van der Waals surface area contributed by atoms with Crippen LogP contribution in [-0.4, -0.2) is 14.2 Å². The van der Waals surface area contributed by atoms with E-state index in [1.807, 2.05) is 30.3 Å². The molecule has 0 atom stereocenters. The van der Waals surface area contributed by atoms with E-state index in [0.29, 0.717) is 0 Å². The van der Waals surface area contributed by atoms with Gasteiger partial charge in [-0.2, -0.15) is 0 Å². The molecule has 1 rings (SSSR count). The highest BCUT2D eigenvalue weighted by atomic mass is 14.7. The first-order chi connectivity index (χ1) is 4.30. The largest absolute Gasteiger partial charge is 0.384 e. The third-order valence-electron chi connectivity index (χ3n) is 1.08. The number of nitrogens with two attached hydrogens (primary N) is 1. The summed E-state index contributed by atoms with van der Waals surface area (Å²) in [6.45, 7) is 0. The first kappa shape index (κ1) is 8.75. The molecule has 0 spiro atoms. The summed E-state index contributed by atoms with van der Waals surface area (Å²) >= 11 is 0. The topological polar surface area (TPSA) is 49.9 Å². The number of benzene rings is 1. The highest BCUT2D eigenvalue weighted by molar-refractivity contribution is 5.94. The average Bonchev–Trinajstić information content (AvgIpc) is 1.90. The van der Waals surface area contributed by atoms with Crippen molar-refractivity contribution in [1.29, 1.82) is 5.41 Å². The third-order valence-corrected chi connectivity index (χ3v) is 1.08. The minimum Gasteiger partial charge on any atom is -0.384 e. The average molecular weight is 131 g/mol. The second-order valence-corrected chi connectivity index (χ2v) is 1.78. The zero-order valence-corrected chi connectivity index (χ0v) is 5.54. The highest BCUT2D eigenvalue weighted by Crippen LogP contribution is 1.94.